The van der Waals surface area contributed by atoms with Crippen LogP contribution in [0.2, 0.25) is 0 Å². The molecule has 2 aromatic carbocycles. The number of rotatable bonds is 9. The van der Waals surface area contributed by atoms with Gasteiger partial charge in [0.1, 0.15) is 18.2 Å². The minimum absolute atomic E-state index is 0.0320. The van der Waals surface area contributed by atoms with Crippen molar-refractivity contribution in [2.75, 3.05) is 38.1 Å². The third kappa shape index (κ3) is 4.40. The predicted octanol–water partition coefficient (Wildman–Crippen LogP) is 5.11. The molecule has 2 N–H and O–H groups in total. The van der Waals surface area contributed by atoms with E-state index in [1.165, 1.54) is 23.6 Å². The molecule has 4 aliphatic rings. The van der Waals surface area contributed by atoms with Gasteiger partial charge in [-0.15, -0.1) is 0 Å². The minimum atomic E-state index is -1.05. The summed E-state index contributed by atoms with van der Waals surface area (Å²) in [6.07, 6.45) is 6.78. The van der Waals surface area contributed by atoms with E-state index in [9.17, 15) is 9.18 Å². The lowest BCUT2D eigenvalue weighted by atomic mass is 9.93. The summed E-state index contributed by atoms with van der Waals surface area (Å²) in [5.41, 5.74) is 4.70. The van der Waals surface area contributed by atoms with E-state index >= 15 is 4.39 Å². The average Bonchev–Trinajstić information content (AvgIpc) is 3.24. The summed E-state index contributed by atoms with van der Waals surface area (Å²) < 4.78 is 35.0. The zero-order chi connectivity index (χ0) is 27.4. The lowest BCUT2D eigenvalue weighted by Gasteiger charge is -2.31. The van der Waals surface area contributed by atoms with Crippen LogP contribution in [0.1, 0.15) is 49.1 Å². The lowest BCUT2D eigenvalue weighted by molar-refractivity contribution is -0.118. The molecule has 3 fully saturated rings. The van der Waals surface area contributed by atoms with Crippen LogP contribution < -0.4 is 15.4 Å². The van der Waals surface area contributed by atoms with E-state index in [1.54, 1.807) is 6.07 Å². The fourth-order valence-corrected chi connectivity index (χ4v) is 7.22. The van der Waals surface area contributed by atoms with Crippen molar-refractivity contribution in [1.82, 2.24) is 20.2 Å². The van der Waals surface area contributed by atoms with Crippen molar-refractivity contribution < 1.29 is 18.3 Å². The average molecular weight is 546 g/mol. The minimum Gasteiger partial charge on any atom is -0.461 e. The zero-order valence-electron chi connectivity index (χ0n) is 22.4. The molecule has 40 heavy (non-hydrogen) atoms. The number of fused-ring (bicyclic) bond motifs is 5. The van der Waals surface area contributed by atoms with Crippen molar-refractivity contribution in [3.8, 4) is 17.1 Å². The summed E-state index contributed by atoms with van der Waals surface area (Å²) in [5, 5.41) is 6.13. The number of aromatic nitrogens is 2. The molecule has 0 spiro atoms. The number of carbonyl (C=O) groups excluding carboxylic acids is 1. The molecule has 1 aromatic heterocycles. The van der Waals surface area contributed by atoms with Crippen LogP contribution in [0.3, 0.4) is 0 Å². The van der Waals surface area contributed by atoms with Crippen LogP contribution in [0.15, 0.2) is 42.7 Å². The molecular formula is C31H33F2N5O2. The van der Waals surface area contributed by atoms with E-state index < -0.39 is 11.7 Å². The van der Waals surface area contributed by atoms with E-state index in [4.69, 9.17) is 9.72 Å². The first-order chi connectivity index (χ1) is 19.4. The monoisotopic (exact) mass is 545 g/mol. The zero-order valence-corrected chi connectivity index (χ0v) is 22.4. The van der Waals surface area contributed by atoms with Crippen LogP contribution in [0.4, 0.5) is 14.6 Å². The van der Waals surface area contributed by atoms with Gasteiger partial charge < -0.3 is 15.4 Å². The first-order valence-electron chi connectivity index (χ1n) is 14.3. The van der Waals surface area contributed by atoms with Gasteiger partial charge in [0.25, 0.3) is 5.91 Å². The molecule has 208 valence electrons. The fraction of sp³-hybridized carbons (Fsp3) is 0.452. The first kappa shape index (κ1) is 25.4. The Morgan fingerprint density at radius 2 is 1.98 bits per heavy atom. The molecule has 2 saturated heterocycles. The standard InChI is InChI=1S/C31H33F2N5O2/c1-18(32)29(39)35-10-9-34-28-24-15-25(33)23(21-6-2-5-19-13-20-14-22(20)27(19)21)16-26(24)36-30(37-28)40-17-31-7-3-11-38(31)12-4-8-31/h2,5-6,15-16,20,22H,1,3-4,7-14,17H2,(H,35,39)(H,34,36,37)/t20-,22+/m0/s1. The molecule has 9 heteroatoms. The third-order valence-electron chi connectivity index (χ3n) is 9.26. The number of ether oxygens (including phenoxy) is 1. The number of carbonyl (C=O) groups is 1. The number of nitrogens with one attached hydrogen (secondary N) is 2. The molecule has 3 aromatic rings. The summed E-state index contributed by atoms with van der Waals surface area (Å²) in [4.78, 5) is 23.4. The second kappa shape index (κ2) is 9.80. The SMILES string of the molecule is C=C(F)C(=O)NCCNc1nc(OCC23CCCN2CCC3)nc2cc(-c3cccc4c3[C@@H]3C[C@@H]3C4)c(F)cc12. The second-order valence-corrected chi connectivity index (χ2v) is 11.7. The van der Waals surface area contributed by atoms with Gasteiger partial charge in [0.15, 0.2) is 5.83 Å². The molecule has 2 aliphatic carbocycles. The van der Waals surface area contributed by atoms with E-state index in [1.807, 2.05) is 12.1 Å². The van der Waals surface area contributed by atoms with Crippen molar-refractivity contribution >= 4 is 22.6 Å². The maximum absolute atomic E-state index is 15.7. The highest BCUT2D eigenvalue weighted by atomic mass is 19.1. The van der Waals surface area contributed by atoms with Gasteiger partial charge in [-0.1, -0.05) is 24.8 Å². The highest BCUT2D eigenvalue weighted by Gasteiger charge is 2.47. The Morgan fingerprint density at radius 3 is 2.77 bits per heavy atom. The maximum atomic E-state index is 15.7. The van der Waals surface area contributed by atoms with Gasteiger partial charge in [-0.2, -0.15) is 9.97 Å². The maximum Gasteiger partial charge on any atom is 0.319 e. The Bertz CT molecular complexity index is 1520. The van der Waals surface area contributed by atoms with Crippen LogP contribution in [-0.2, 0) is 11.2 Å². The van der Waals surface area contributed by atoms with Crippen molar-refractivity contribution in [2.24, 2.45) is 5.92 Å². The van der Waals surface area contributed by atoms with Crippen LogP contribution in [0, 0.1) is 11.7 Å². The van der Waals surface area contributed by atoms with E-state index in [0.717, 1.165) is 50.8 Å². The molecule has 2 aliphatic heterocycles. The topological polar surface area (TPSA) is 79.4 Å². The number of benzene rings is 2. The quantitative estimate of drug-likeness (QED) is 0.287. The van der Waals surface area contributed by atoms with Crippen LogP contribution in [-0.4, -0.2) is 59.1 Å². The highest BCUT2D eigenvalue weighted by molar-refractivity contribution is 5.93. The Balaban J connectivity index is 1.22. The van der Waals surface area contributed by atoms with E-state index in [2.05, 4.69) is 33.2 Å². The predicted molar refractivity (Wildman–Crippen MR) is 149 cm³/mol. The Hall–Kier alpha value is -3.59. The highest BCUT2D eigenvalue weighted by Crippen LogP contribution is 2.58. The van der Waals surface area contributed by atoms with Gasteiger partial charge in [0, 0.05) is 24.0 Å². The largest absolute Gasteiger partial charge is 0.461 e. The molecule has 3 heterocycles. The van der Waals surface area contributed by atoms with Gasteiger partial charge in [0.2, 0.25) is 0 Å². The van der Waals surface area contributed by atoms with Gasteiger partial charge in [-0.3, -0.25) is 9.69 Å². The molecule has 1 amide bonds. The van der Waals surface area contributed by atoms with Crippen LogP contribution >= 0.6 is 0 Å². The summed E-state index contributed by atoms with van der Waals surface area (Å²) >= 11 is 0. The summed E-state index contributed by atoms with van der Waals surface area (Å²) in [6, 6.07) is 9.70. The number of hydrogen-bond acceptors (Lipinski definition) is 6. The Labute approximate surface area is 232 Å². The van der Waals surface area contributed by atoms with Gasteiger partial charge in [0.05, 0.1) is 11.1 Å². The fourth-order valence-electron chi connectivity index (χ4n) is 7.22. The molecular weight excluding hydrogens is 512 g/mol. The summed E-state index contributed by atoms with van der Waals surface area (Å²) in [5.74, 6) is -0.615. The third-order valence-corrected chi connectivity index (χ3v) is 9.26. The second-order valence-electron chi connectivity index (χ2n) is 11.7. The number of amides is 1. The smallest absolute Gasteiger partial charge is 0.319 e. The Kier molecular flexibility index (Phi) is 6.22. The number of anilines is 1. The van der Waals surface area contributed by atoms with E-state index in [-0.39, 0.29) is 30.5 Å². The van der Waals surface area contributed by atoms with Crippen LogP contribution in [0.25, 0.3) is 22.0 Å². The number of nitrogens with zero attached hydrogens (tertiary/aromatic N) is 3. The summed E-state index contributed by atoms with van der Waals surface area (Å²) in [7, 11) is 0. The number of halogens is 2. The Morgan fingerprint density at radius 1 is 1.15 bits per heavy atom. The molecule has 0 radical (unpaired) electrons. The lowest BCUT2D eigenvalue weighted by Crippen LogP contribution is -2.43. The first-order valence-corrected chi connectivity index (χ1v) is 14.3. The van der Waals surface area contributed by atoms with Gasteiger partial charge >= 0.3 is 6.01 Å². The number of hydrogen-bond donors (Lipinski definition) is 2. The van der Waals surface area contributed by atoms with Gasteiger partial charge in [-0.05, 0) is 92.3 Å². The summed E-state index contributed by atoms with van der Waals surface area (Å²) in [6.45, 7) is 6.10. The van der Waals surface area contributed by atoms with Crippen molar-refractivity contribution in [3.05, 3.63) is 59.7 Å². The molecule has 0 bridgehead atoms. The molecule has 1 saturated carbocycles. The van der Waals surface area contributed by atoms with E-state index in [0.29, 0.717) is 40.7 Å². The normalized spacial score (nSPS) is 22.1. The van der Waals surface area contributed by atoms with Crippen molar-refractivity contribution in [3.63, 3.8) is 0 Å². The molecule has 7 rings (SSSR count). The van der Waals surface area contributed by atoms with Gasteiger partial charge in [-0.25, -0.2) is 8.78 Å². The van der Waals surface area contributed by atoms with Crippen molar-refractivity contribution in [1.29, 1.82) is 0 Å². The van der Waals surface area contributed by atoms with Crippen molar-refractivity contribution in [2.45, 2.75) is 50.0 Å². The van der Waals surface area contributed by atoms with Crippen LogP contribution in [0.5, 0.6) is 6.01 Å². The molecule has 2 atom stereocenters. The molecule has 0 unspecified atom stereocenters. The molecule has 7 nitrogen and oxygen atoms in total.